The van der Waals surface area contributed by atoms with Crippen LogP contribution in [0, 0.1) is 10.1 Å². The van der Waals surface area contributed by atoms with Gasteiger partial charge in [-0.15, -0.1) is 0 Å². The van der Waals surface area contributed by atoms with Crippen LogP contribution in [0.4, 0.5) is 11.4 Å². The van der Waals surface area contributed by atoms with Gasteiger partial charge in [0.15, 0.2) is 6.61 Å². The lowest BCUT2D eigenvalue weighted by molar-refractivity contribution is -0.384. The van der Waals surface area contributed by atoms with Crippen LogP contribution in [-0.4, -0.2) is 36.5 Å². The first kappa shape index (κ1) is 18.7. The minimum absolute atomic E-state index is 0.00626. The SMILES string of the molecule is O=C(COC(=O)/C=C/c1ccco1)NCCNc1ccc([N+](=O)[O-])cc1. The van der Waals surface area contributed by atoms with Crippen LogP contribution in [0.5, 0.6) is 0 Å². The topological polar surface area (TPSA) is 124 Å². The summed E-state index contributed by atoms with van der Waals surface area (Å²) in [5.74, 6) is -0.584. The summed E-state index contributed by atoms with van der Waals surface area (Å²) in [6.07, 6.45) is 4.08. The summed E-state index contributed by atoms with van der Waals surface area (Å²) in [5, 5.41) is 16.1. The third kappa shape index (κ3) is 6.48. The third-order valence-corrected chi connectivity index (χ3v) is 3.13. The van der Waals surface area contributed by atoms with Crippen LogP contribution >= 0.6 is 0 Å². The second-order valence-corrected chi connectivity index (χ2v) is 5.04. The van der Waals surface area contributed by atoms with Gasteiger partial charge in [-0.1, -0.05) is 0 Å². The number of anilines is 1. The number of amides is 1. The summed E-state index contributed by atoms with van der Waals surface area (Å²) in [5.41, 5.74) is 0.700. The summed E-state index contributed by atoms with van der Waals surface area (Å²) < 4.78 is 9.80. The highest BCUT2D eigenvalue weighted by atomic mass is 16.6. The maximum absolute atomic E-state index is 11.6. The fraction of sp³-hybridized carbons (Fsp3) is 0.176. The molecule has 2 aromatic rings. The summed E-state index contributed by atoms with van der Waals surface area (Å²) >= 11 is 0. The van der Waals surface area contributed by atoms with Crippen LogP contribution < -0.4 is 10.6 Å². The van der Waals surface area contributed by atoms with Gasteiger partial charge in [-0.05, 0) is 30.3 Å². The van der Waals surface area contributed by atoms with Gasteiger partial charge < -0.3 is 19.8 Å². The molecule has 0 radical (unpaired) electrons. The number of nitro groups is 1. The third-order valence-electron chi connectivity index (χ3n) is 3.13. The largest absolute Gasteiger partial charge is 0.465 e. The van der Waals surface area contributed by atoms with Crippen LogP contribution in [0.2, 0.25) is 0 Å². The van der Waals surface area contributed by atoms with Crippen molar-refractivity contribution in [1.29, 1.82) is 0 Å². The van der Waals surface area contributed by atoms with Crippen molar-refractivity contribution in [1.82, 2.24) is 5.32 Å². The quantitative estimate of drug-likeness (QED) is 0.231. The maximum atomic E-state index is 11.6. The van der Waals surface area contributed by atoms with Crippen molar-refractivity contribution in [3.63, 3.8) is 0 Å². The first-order valence-corrected chi connectivity index (χ1v) is 7.68. The number of rotatable bonds is 9. The van der Waals surface area contributed by atoms with Gasteiger partial charge in [-0.25, -0.2) is 4.79 Å². The van der Waals surface area contributed by atoms with Gasteiger partial charge in [-0.3, -0.25) is 14.9 Å². The van der Waals surface area contributed by atoms with Crippen molar-refractivity contribution < 1.29 is 23.7 Å². The van der Waals surface area contributed by atoms with Crippen LogP contribution in [0.3, 0.4) is 0 Å². The van der Waals surface area contributed by atoms with Crippen LogP contribution in [-0.2, 0) is 14.3 Å². The molecular formula is C17H17N3O6. The average molecular weight is 359 g/mol. The minimum atomic E-state index is -0.652. The molecule has 0 atom stereocenters. The summed E-state index contributed by atoms with van der Waals surface area (Å²) in [6, 6.07) is 9.28. The summed E-state index contributed by atoms with van der Waals surface area (Å²) in [4.78, 5) is 33.1. The van der Waals surface area contributed by atoms with Crippen molar-refractivity contribution in [2.75, 3.05) is 25.0 Å². The zero-order chi connectivity index (χ0) is 18.8. The van der Waals surface area contributed by atoms with Crippen molar-refractivity contribution in [2.24, 2.45) is 0 Å². The van der Waals surface area contributed by atoms with E-state index < -0.39 is 23.4 Å². The van der Waals surface area contributed by atoms with E-state index in [1.807, 2.05) is 0 Å². The predicted molar refractivity (Wildman–Crippen MR) is 93.3 cm³/mol. The Morgan fingerprint density at radius 1 is 1.19 bits per heavy atom. The standard InChI is InChI=1S/C17H17N3O6/c21-16(12-26-17(22)8-7-15-2-1-11-25-15)19-10-9-18-13-3-5-14(6-4-13)20(23)24/h1-8,11,18H,9-10,12H2,(H,19,21)/b8-7+. The number of nitro benzene ring substituents is 1. The molecule has 2 rings (SSSR count). The lowest BCUT2D eigenvalue weighted by Crippen LogP contribution is -2.32. The van der Waals surface area contributed by atoms with E-state index in [0.717, 1.165) is 0 Å². The molecule has 1 aromatic heterocycles. The molecule has 0 bridgehead atoms. The van der Waals surface area contributed by atoms with Gasteiger partial charge in [0.25, 0.3) is 11.6 Å². The van der Waals surface area contributed by atoms with Gasteiger partial charge in [0.05, 0.1) is 11.2 Å². The maximum Gasteiger partial charge on any atom is 0.331 e. The first-order valence-electron chi connectivity index (χ1n) is 7.68. The molecule has 26 heavy (non-hydrogen) atoms. The molecule has 1 heterocycles. The van der Waals surface area contributed by atoms with E-state index in [0.29, 0.717) is 24.5 Å². The molecule has 0 spiro atoms. The molecular weight excluding hydrogens is 342 g/mol. The number of hydrogen-bond acceptors (Lipinski definition) is 7. The molecule has 9 heteroatoms. The number of nitrogens with one attached hydrogen (secondary N) is 2. The molecule has 1 amide bonds. The zero-order valence-corrected chi connectivity index (χ0v) is 13.7. The zero-order valence-electron chi connectivity index (χ0n) is 13.7. The highest BCUT2D eigenvalue weighted by molar-refractivity contribution is 5.88. The molecule has 2 N–H and O–H groups in total. The fourth-order valence-electron chi connectivity index (χ4n) is 1.88. The number of carbonyl (C=O) groups is 2. The van der Waals surface area contributed by atoms with Crippen LogP contribution in [0.1, 0.15) is 5.76 Å². The molecule has 136 valence electrons. The van der Waals surface area contributed by atoms with Crippen molar-refractivity contribution in [3.05, 3.63) is 64.6 Å². The number of furan rings is 1. The molecule has 0 aliphatic rings. The molecule has 0 saturated heterocycles. The molecule has 0 unspecified atom stereocenters. The smallest absolute Gasteiger partial charge is 0.331 e. The molecule has 1 aromatic carbocycles. The van der Waals surface area contributed by atoms with Gasteiger partial charge in [0, 0.05) is 37.0 Å². The van der Waals surface area contributed by atoms with Crippen molar-refractivity contribution >= 4 is 29.3 Å². The van der Waals surface area contributed by atoms with E-state index in [1.165, 1.54) is 30.5 Å². The first-order chi connectivity index (χ1) is 12.5. The highest BCUT2D eigenvalue weighted by Crippen LogP contribution is 2.14. The second-order valence-electron chi connectivity index (χ2n) is 5.04. The van der Waals surface area contributed by atoms with E-state index in [4.69, 9.17) is 9.15 Å². The van der Waals surface area contributed by atoms with E-state index in [9.17, 15) is 19.7 Å². The Hall–Kier alpha value is -3.62. The van der Waals surface area contributed by atoms with E-state index >= 15 is 0 Å². The minimum Gasteiger partial charge on any atom is -0.465 e. The lowest BCUT2D eigenvalue weighted by atomic mass is 10.3. The number of ether oxygens (including phenoxy) is 1. The Balaban J connectivity index is 1.59. The molecule has 9 nitrogen and oxygen atoms in total. The van der Waals surface area contributed by atoms with Crippen molar-refractivity contribution in [2.45, 2.75) is 0 Å². The van der Waals surface area contributed by atoms with Crippen LogP contribution in [0.25, 0.3) is 6.08 Å². The molecule has 0 aliphatic heterocycles. The lowest BCUT2D eigenvalue weighted by Gasteiger charge is -2.08. The van der Waals surface area contributed by atoms with Gasteiger partial charge >= 0.3 is 5.97 Å². The number of carbonyl (C=O) groups excluding carboxylic acids is 2. The highest BCUT2D eigenvalue weighted by Gasteiger charge is 2.05. The van der Waals surface area contributed by atoms with Crippen molar-refractivity contribution in [3.8, 4) is 0 Å². The Kier molecular flexibility index (Phi) is 6.93. The monoisotopic (exact) mass is 359 g/mol. The Labute approximate surface area is 148 Å². The Morgan fingerprint density at radius 2 is 1.96 bits per heavy atom. The van der Waals surface area contributed by atoms with Gasteiger partial charge in [-0.2, -0.15) is 0 Å². The van der Waals surface area contributed by atoms with E-state index in [-0.39, 0.29) is 5.69 Å². The number of hydrogen-bond donors (Lipinski definition) is 2. The number of non-ortho nitro benzene ring substituents is 1. The van der Waals surface area contributed by atoms with Gasteiger partial charge in [0.2, 0.25) is 0 Å². The summed E-state index contributed by atoms with van der Waals surface area (Å²) in [6.45, 7) is 0.324. The van der Waals surface area contributed by atoms with Gasteiger partial charge in [0.1, 0.15) is 5.76 Å². The normalized spacial score (nSPS) is 10.5. The number of esters is 1. The average Bonchev–Trinajstić information content (AvgIpc) is 3.16. The molecule has 0 fully saturated rings. The number of benzene rings is 1. The summed E-state index contributed by atoms with van der Waals surface area (Å²) in [7, 11) is 0. The second kappa shape index (κ2) is 9.62. The van der Waals surface area contributed by atoms with E-state index in [1.54, 1.807) is 24.3 Å². The molecule has 0 saturated carbocycles. The predicted octanol–water partition coefficient (Wildman–Crippen LogP) is 1.97. The van der Waals surface area contributed by atoms with Crippen LogP contribution in [0.15, 0.2) is 53.2 Å². The van der Waals surface area contributed by atoms with E-state index in [2.05, 4.69) is 10.6 Å². The Bertz CT molecular complexity index is 768. The molecule has 0 aliphatic carbocycles. The Morgan fingerprint density at radius 3 is 2.62 bits per heavy atom. The fourth-order valence-corrected chi connectivity index (χ4v) is 1.88. The number of nitrogens with zero attached hydrogens (tertiary/aromatic N) is 1.